The molecule has 0 aliphatic carbocycles. The van der Waals surface area contributed by atoms with Gasteiger partial charge in [-0.15, -0.1) is 0 Å². The van der Waals surface area contributed by atoms with Gasteiger partial charge in [-0.25, -0.2) is 8.42 Å². The number of nitrogens with one attached hydrogen (secondary N) is 2. The van der Waals surface area contributed by atoms with Gasteiger partial charge in [-0.3, -0.25) is 19.3 Å². The number of aldehydes is 1. The minimum Gasteiger partial charge on any atom is -0.388 e. The molecule has 1 aromatic carbocycles. The van der Waals surface area contributed by atoms with Gasteiger partial charge >= 0.3 is 0 Å². The van der Waals surface area contributed by atoms with Crippen LogP contribution in [0, 0.1) is 0 Å². The third-order valence-electron chi connectivity index (χ3n) is 4.34. The van der Waals surface area contributed by atoms with Crippen molar-refractivity contribution in [3.63, 3.8) is 0 Å². The van der Waals surface area contributed by atoms with E-state index < -0.39 is 27.5 Å². The Labute approximate surface area is 186 Å². The highest BCUT2D eigenvalue weighted by Crippen LogP contribution is 2.09. The van der Waals surface area contributed by atoms with Gasteiger partial charge in [0, 0.05) is 12.7 Å². The number of hydrogen-bond acceptors (Lipinski definition) is 6. The predicted octanol–water partition coefficient (Wildman–Crippen LogP) is 0.631. The van der Waals surface area contributed by atoms with E-state index in [1.165, 1.54) is 18.3 Å². The molecule has 4 N–H and O–H groups in total. The summed E-state index contributed by atoms with van der Waals surface area (Å²) in [5.74, 6) is -0.403. The minimum absolute atomic E-state index is 0.168. The highest BCUT2D eigenvalue weighted by Gasteiger charge is 2.16. The maximum Gasteiger partial charge on any atom is 0.275 e. The normalized spacial score (nSPS) is 12.7. The fourth-order valence-electron chi connectivity index (χ4n) is 2.88. The largest absolute Gasteiger partial charge is 0.388 e. The van der Waals surface area contributed by atoms with Crippen LogP contribution in [0.3, 0.4) is 0 Å². The average molecular weight is 462 g/mol. The molecule has 0 fully saturated rings. The number of carbonyl (C=O) groups excluding carboxylic acids is 2. The number of anilines is 1. The van der Waals surface area contributed by atoms with Crippen molar-refractivity contribution in [1.82, 2.24) is 9.88 Å². The number of sulfonamides is 1. The number of pyridine rings is 1. The molecule has 1 heterocycles. The van der Waals surface area contributed by atoms with Crippen molar-refractivity contribution in [3.05, 3.63) is 64.6 Å². The smallest absolute Gasteiger partial charge is 0.275 e. The molecule has 172 valence electrons. The van der Waals surface area contributed by atoms with Gasteiger partial charge in [-0.1, -0.05) is 30.3 Å². The van der Waals surface area contributed by atoms with E-state index in [1.54, 1.807) is 37.3 Å². The van der Waals surface area contributed by atoms with Crippen molar-refractivity contribution in [2.45, 2.75) is 38.1 Å². The molecule has 1 amide bonds. The molecule has 10 nitrogen and oxygen atoms in total. The van der Waals surface area contributed by atoms with Gasteiger partial charge in [-0.05, 0) is 37.5 Å². The van der Waals surface area contributed by atoms with Crippen LogP contribution >= 0.6 is 0 Å². The molecule has 0 saturated heterocycles. The standard InChI is InChI=1S/C21H27N5O5S/c1-16(22)23-11-5-9-18(14-27)24-20(28)13-26-12-6-10-19(21(26)29)25-32(30,31)15-17-7-3-2-4-8-17/h2-4,6-8,10,12,14,18,25H,5,9,11,13,15H2,1H3,(H2,22,23)(H,24,28). The Hall–Kier alpha value is -3.47. The summed E-state index contributed by atoms with van der Waals surface area (Å²) in [6.45, 7) is 1.73. The van der Waals surface area contributed by atoms with E-state index >= 15 is 0 Å². The van der Waals surface area contributed by atoms with E-state index in [9.17, 15) is 22.8 Å². The van der Waals surface area contributed by atoms with Crippen LogP contribution in [0.5, 0.6) is 0 Å². The number of amides is 1. The topological polar surface area (TPSA) is 153 Å². The molecule has 0 aliphatic rings. The summed E-state index contributed by atoms with van der Waals surface area (Å²) in [6.07, 6.45) is 2.91. The molecule has 32 heavy (non-hydrogen) atoms. The third kappa shape index (κ3) is 8.34. The molecule has 1 unspecified atom stereocenters. The second kappa shape index (κ2) is 11.8. The molecule has 0 spiro atoms. The molecule has 2 rings (SSSR count). The summed E-state index contributed by atoms with van der Waals surface area (Å²) in [6, 6.07) is 10.6. The van der Waals surface area contributed by atoms with Gasteiger partial charge in [0.05, 0.1) is 17.6 Å². The van der Waals surface area contributed by atoms with E-state index in [4.69, 9.17) is 5.73 Å². The minimum atomic E-state index is -3.83. The van der Waals surface area contributed by atoms with Crippen LogP contribution in [0.4, 0.5) is 5.69 Å². The van der Waals surface area contributed by atoms with Gasteiger partial charge in [0.25, 0.3) is 5.56 Å². The van der Waals surface area contributed by atoms with Crippen molar-refractivity contribution in [3.8, 4) is 0 Å². The lowest BCUT2D eigenvalue weighted by Gasteiger charge is -2.14. The number of hydrogen-bond donors (Lipinski definition) is 3. The Balaban J connectivity index is 2.00. The maximum atomic E-state index is 12.6. The van der Waals surface area contributed by atoms with E-state index in [-0.39, 0.29) is 18.0 Å². The quantitative estimate of drug-likeness (QED) is 0.182. The molecular weight excluding hydrogens is 434 g/mol. The molecule has 1 aromatic heterocycles. The number of nitrogens with zero attached hydrogens (tertiary/aromatic N) is 2. The number of carbonyl (C=O) groups is 2. The molecule has 1 atom stereocenters. The van der Waals surface area contributed by atoms with Crippen molar-refractivity contribution in [2.75, 3.05) is 11.3 Å². The fourth-order valence-corrected chi connectivity index (χ4v) is 4.08. The third-order valence-corrected chi connectivity index (χ3v) is 5.59. The molecule has 2 aromatic rings. The summed E-state index contributed by atoms with van der Waals surface area (Å²) in [7, 11) is -3.83. The highest BCUT2D eigenvalue weighted by atomic mass is 32.2. The van der Waals surface area contributed by atoms with Crippen molar-refractivity contribution in [1.29, 1.82) is 0 Å². The average Bonchev–Trinajstić information content (AvgIpc) is 2.73. The predicted molar refractivity (Wildman–Crippen MR) is 123 cm³/mol. The summed E-state index contributed by atoms with van der Waals surface area (Å²) in [5, 5.41) is 2.55. The van der Waals surface area contributed by atoms with Crippen LogP contribution in [0.25, 0.3) is 0 Å². The van der Waals surface area contributed by atoms with Crippen molar-refractivity contribution < 1.29 is 18.0 Å². The Morgan fingerprint density at radius 2 is 1.94 bits per heavy atom. The molecule has 0 bridgehead atoms. The number of aliphatic imine (C=N–C) groups is 1. The van der Waals surface area contributed by atoms with Gasteiger partial charge in [0.15, 0.2) is 0 Å². The second-order valence-electron chi connectivity index (χ2n) is 7.18. The van der Waals surface area contributed by atoms with Crippen LogP contribution in [0.2, 0.25) is 0 Å². The molecular formula is C21H27N5O5S. The van der Waals surface area contributed by atoms with E-state index in [1.807, 2.05) is 0 Å². The highest BCUT2D eigenvalue weighted by molar-refractivity contribution is 7.91. The van der Waals surface area contributed by atoms with Crippen molar-refractivity contribution in [2.24, 2.45) is 10.7 Å². The van der Waals surface area contributed by atoms with Gasteiger partial charge in [-0.2, -0.15) is 0 Å². The van der Waals surface area contributed by atoms with Crippen LogP contribution in [-0.2, 0) is 31.9 Å². The Morgan fingerprint density at radius 1 is 1.22 bits per heavy atom. The zero-order chi connectivity index (χ0) is 23.6. The summed E-state index contributed by atoms with van der Waals surface area (Å²) in [5.41, 5.74) is 5.18. The summed E-state index contributed by atoms with van der Waals surface area (Å²) >= 11 is 0. The molecule has 0 saturated carbocycles. The van der Waals surface area contributed by atoms with Crippen LogP contribution in [-0.4, -0.2) is 43.6 Å². The van der Waals surface area contributed by atoms with Gasteiger partial charge in [0.2, 0.25) is 15.9 Å². The van der Waals surface area contributed by atoms with E-state index in [0.717, 1.165) is 4.57 Å². The lowest BCUT2D eigenvalue weighted by molar-refractivity contribution is -0.124. The van der Waals surface area contributed by atoms with Gasteiger partial charge in [0.1, 0.15) is 18.5 Å². The molecule has 11 heteroatoms. The Kier molecular flexibility index (Phi) is 9.14. The zero-order valence-electron chi connectivity index (χ0n) is 17.7. The van der Waals surface area contributed by atoms with Crippen LogP contribution < -0.4 is 21.3 Å². The number of amidine groups is 1. The van der Waals surface area contributed by atoms with Crippen molar-refractivity contribution >= 4 is 33.7 Å². The summed E-state index contributed by atoms with van der Waals surface area (Å²) < 4.78 is 28.2. The van der Waals surface area contributed by atoms with E-state index in [2.05, 4.69) is 15.0 Å². The number of benzene rings is 1. The van der Waals surface area contributed by atoms with Gasteiger partial charge < -0.3 is 20.4 Å². The second-order valence-corrected chi connectivity index (χ2v) is 8.90. The lowest BCUT2D eigenvalue weighted by Crippen LogP contribution is -2.40. The first-order valence-electron chi connectivity index (χ1n) is 9.95. The number of rotatable bonds is 12. The SMILES string of the molecule is CC(N)=NCCCC(C=O)NC(=O)Cn1cccc(NS(=O)(=O)Cc2ccccc2)c1=O. The first kappa shape index (κ1) is 24.8. The number of nitrogens with two attached hydrogens (primary N) is 1. The summed E-state index contributed by atoms with van der Waals surface area (Å²) in [4.78, 5) is 40.2. The van der Waals surface area contributed by atoms with E-state index in [0.29, 0.717) is 37.1 Å². The Bertz CT molecular complexity index is 1110. The first-order valence-corrected chi connectivity index (χ1v) is 11.6. The monoisotopic (exact) mass is 461 g/mol. The maximum absolute atomic E-state index is 12.6. The van der Waals surface area contributed by atoms with Crippen LogP contribution in [0.1, 0.15) is 25.3 Å². The zero-order valence-corrected chi connectivity index (χ0v) is 18.5. The molecule has 0 aliphatic heterocycles. The first-order chi connectivity index (χ1) is 15.2. The Morgan fingerprint density at radius 3 is 2.59 bits per heavy atom. The lowest BCUT2D eigenvalue weighted by atomic mass is 10.2. The fraction of sp³-hybridized carbons (Fsp3) is 0.333. The van der Waals surface area contributed by atoms with Crippen LogP contribution in [0.15, 0.2) is 58.4 Å². The molecule has 0 radical (unpaired) electrons. The number of aromatic nitrogens is 1.